The van der Waals surface area contributed by atoms with Crippen molar-refractivity contribution < 1.29 is 19.1 Å². The number of Topliss-reactive ketones (excluding diaryl/α,β-unsaturated/α-hetero) is 2. The van der Waals surface area contributed by atoms with Crippen LogP contribution in [0.15, 0.2) is 29.8 Å². The van der Waals surface area contributed by atoms with Gasteiger partial charge in [-0.1, -0.05) is 31.2 Å². The summed E-state index contributed by atoms with van der Waals surface area (Å²) >= 11 is 0. The van der Waals surface area contributed by atoms with Crippen molar-refractivity contribution in [3.05, 3.63) is 41.0 Å². The predicted molar refractivity (Wildman–Crippen MR) is 77.6 cm³/mol. The Labute approximate surface area is 123 Å². The highest BCUT2D eigenvalue weighted by molar-refractivity contribution is 6.52. The molecule has 4 heteroatoms. The van der Waals surface area contributed by atoms with E-state index in [1.807, 2.05) is 32.9 Å². The van der Waals surface area contributed by atoms with Crippen LogP contribution in [0, 0.1) is 5.41 Å². The van der Waals surface area contributed by atoms with Gasteiger partial charge in [0.1, 0.15) is 5.76 Å². The van der Waals surface area contributed by atoms with Crippen LogP contribution in [-0.2, 0) is 14.3 Å². The van der Waals surface area contributed by atoms with Crippen molar-refractivity contribution in [3.8, 4) is 0 Å². The van der Waals surface area contributed by atoms with Crippen molar-refractivity contribution in [3.63, 3.8) is 0 Å². The third-order valence-electron chi connectivity index (χ3n) is 5.02. The summed E-state index contributed by atoms with van der Waals surface area (Å²) in [5.74, 6) is -1.41. The van der Waals surface area contributed by atoms with E-state index in [9.17, 15) is 9.59 Å². The van der Waals surface area contributed by atoms with E-state index in [0.29, 0.717) is 28.9 Å². The Morgan fingerprint density at radius 3 is 2.29 bits per heavy atom. The Bertz CT molecular complexity index is 688. The molecule has 0 fully saturated rings. The van der Waals surface area contributed by atoms with Gasteiger partial charge in [0, 0.05) is 25.2 Å². The Morgan fingerprint density at radius 2 is 1.71 bits per heavy atom. The quantitative estimate of drug-likeness (QED) is 0.784. The van der Waals surface area contributed by atoms with Gasteiger partial charge in [0.2, 0.25) is 17.4 Å². The average molecular weight is 286 g/mol. The molecule has 3 rings (SSSR count). The second-order valence-electron chi connectivity index (χ2n) is 5.85. The Kier molecular flexibility index (Phi) is 2.85. The van der Waals surface area contributed by atoms with Gasteiger partial charge in [-0.2, -0.15) is 0 Å². The highest BCUT2D eigenvalue weighted by Gasteiger charge is 2.60. The van der Waals surface area contributed by atoms with E-state index in [1.54, 1.807) is 19.2 Å². The molecular weight excluding hydrogens is 268 g/mol. The minimum Gasteiger partial charge on any atom is -0.461 e. The Hall–Kier alpha value is -1.94. The fourth-order valence-electron chi connectivity index (χ4n) is 3.26. The topological polar surface area (TPSA) is 52.6 Å². The lowest BCUT2D eigenvalue weighted by Gasteiger charge is -2.38. The van der Waals surface area contributed by atoms with Gasteiger partial charge in [0.15, 0.2) is 0 Å². The summed E-state index contributed by atoms with van der Waals surface area (Å²) in [6.45, 7) is 5.70. The van der Waals surface area contributed by atoms with Crippen LogP contribution in [0.25, 0.3) is 5.76 Å². The second kappa shape index (κ2) is 4.28. The summed E-state index contributed by atoms with van der Waals surface area (Å²) in [6.07, 6.45) is 0.636. The number of carbonyl (C=O) groups excluding carboxylic acids is 2. The molecule has 21 heavy (non-hydrogen) atoms. The third kappa shape index (κ3) is 1.54. The van der Waals surface area contributed by atoms with Crippen molar-refractivity contribution in [2.24, 2.45) is 5.41 Å². The van der Waals surface area contributed by atoms with Gasteiger partial charge in [-0.15, -0.1) is 0 Å². The molecule has 0 spiro atoms. The number of ketones is 2. The maximum absolute atomic E-state index is 12.6. The molecule has 2 atom stereocenters. The van der Waals surface area contributed by atoms with Crippen LogP contribution in [0.5, 0.6) is 0 Å². The molecule has 1 aromatic carbocycles. The first kappa shape index (κ1) is 14.0. The van der Waals surface area contributed by atoms with E-state index in [0.717, 1.165) is 0 Å². The highest BCUT2D eigenvalue weighted by Crippen LogP contribution is 2.56. The summed E-state index contributed by atoms with van der Waals surface area (Å²) in [4.78, 5) is 25.0. The number of rotatable bonds is 2. The first-order valence-corrected chi connectivity index (χ1v) is 7.07. The van der Waals surface area contributed by atoms with Crippen molar-refractivity contribution in [1.29, 1.82) is 0 Å². The number of methoxy groups -OCH3 is 1. The molecule has 2 unspecified atom stereocenters. The van der Waals surface area contributed by atoms with Crippen LogP contribution >= 0.6 is 0 Å². The largest absolute Gasteiger partial charge is 0.461 e. The maximum atomic E-state index is 12.6. The molecule has 2 aliphatic rings. The molecule has 1 aliphatic carbocycles. The monoisotopic (exact) mass is 286 g/mol. The predicted octanol–water partition coefficient (Wildman–Crippen LogP) is 2.97. The molecule has 0 saturated heterocycles. The molecule has 0 aromatic heterocycles. The molecule has 1 heterocycles. The number of carbonyl (C=O) groups is 2. The van der Waals surface area contributed by atoms with Gasteiger partial charge in [-0.05, 0) is 13.3 Å². The van der Waals surface area contributed by atoms with Crippen LogP contribution in [0.3, 0.4) is 0 Å². The number of fused-ring (bicyclic) bond motifs is 2. The molecular formula is C17H18O4. The van der Waals surface area contributed by atoms with Crippen LogP contribution in [0.4, 0.5) is 0 Å². The first-order valence-electron chi connectivity index (χ1n) is 7.07. The fourth-order valence-corrected chi connectivity index (χ4v) is 3.26. The molecule has 0 radical (unpaired) electrons. The molecule has 0 amide bonds. The van der Waals surface area contributed by atoms with Crippen molar-refractivity contribution in [2.45, 2.75) is 33.0 Å². The van der Waals surface area contributed by atoms with E-state index in [1.165, 1.54) is 0 Å². The maximum Gasteiger partial charge on any atom is 0.234 e. The zero-order valence-electron chi connectivity index (χ0n) is 12.6. The number of hydrogen-bond donors (Lipinski definition) is 0. The van der Waals surface area contributed by atoms with Crippen LogP contribution in [0.2, 0.25) is 0 Å². The molecule has 1 aliphatic heterocycles. The summed E-state index contributed by atoms with van der Waals surface area (Å²) in [5.41, 5.74) is 0.868. The van der Waals surface area contributed by atoms with E-state index in [2.05, 4.69) is 0 Å². The average Bonchev–Trinajstić information content (AvgIpc) is 2.75. The van der Waals surface area contributed by atoms with E-state index in [4.69, 9.17) is 9.47 Å². The van der Waals surface area contributed by atoms with Gasteiger partial charge in [-0.3, -0.25) is 9.59 Å². The lowest BCUT2D eigenvalue weighted by atomic mass is 9.69. The Balaban J connectivity index is 2.31. The van der Waals surface area contributed by atoms with Gasteiger partial charge >= 0.3 is 0 Å². The summed E-state index contributed by atoms with van der Waals surface area (Å²) in [5, 5.41) is 0. The smallest absolute Gasteiger partial charge is 0.234 e. The van der Waals surface area contributed by atoms with Crippen LogP contribution in [0.1, 0.15) is 43.1 Å². The van der Waals surface area contributed by atoms with Crippen LogP contribution < -0.4 is 0 Å². The van der Waals surface area contributed by atoms with Crippen molar-refractivity contribution in [1.82, 2.24) is 0 Å². The number of benzene rings is 1. The standard InChI is InChI=1S/C17H18O4/c1-5-16(2)12-14(19)13(18)10-8-6-7-9-11(10)15(12)21-17(16,3)20-4/h6-9H,5H2,1-4H3. The molecule has 0 saturated carbocycles. The second-order valence-corrected chi connectivity index (χ2v) is 5.85. The molecule has 4 nitrogen and oxygen atoms in total. The van der Waals surface area contributed by atoms with E-state index >= 15 is 0 Å². The Morgan fingerprint density at radius 1 is 1.10 bits per heavy atom. The van der Waals surface area contributed by atoms with Crippen molar-refractivity contribution >= 4 is 17.3 Å². The van der Waals surface area contributed by atoms with Crippen molar-refractivity contribution in [2.75, 3.05) is 7.11 Å². The number of ether oxygens (including phenoxy) is 2. The van der Waals surface area contributed by atoms with E-state index in [-0.39, 0.29) is 0 Å². The fraction of sp³-hybridized carbons (Fsp3) is 0.412. The lowest BCUT2D eigenvalue weighted by molar-refractivity contribution is -0.212. The van der Waals surface area contributed by atoms with Gasteiger partial charge in [0.05, 0.1) is 11.0 Å². The minimum absolute atomic E-state index is 0.403. The number of hydrogen-bond acceptors (Lipinski definition) is 4. The third-order valence-corrected chi connectivity index (χ3v) is 5.02. The molecule has 110 valence electrons. The summed E-state index contributed by atoms with van der Waals surface area (Å²) < 4.78 is 11.6. The normalized spacial score (nSPS) is 31.0. The van der Waals surface area contributed by atoms with Gasteiger partial charge < -0.3 is 9.47 Å². The van der Waals surface area contributed by atoms with Gasteiger partial charge in [0.25, 0.3) is 0 Å². The lowest BCUT2D eigenvalue weighted by Crippen LogP contribution is -2.45. The highest BCUT2D eigenvalue weighted by atomic mass is 16.7. The zero-order valence-corrected chi connectivity index (χ0v) is 12.6. The SMILES string of the molecule is CCC1(C)C2=C(OC1(C)OC)c1ccccc1C(=O)C2=O. The van der Waals surface area contributed by atoms with E-state index < -0.39 is 22.8 Å². The first-order chi connectivity index (χ1) is 9.89. The summed E-state index contributed by atoms with van der Waals surface area (Å²) in [6, 6.07) is 7.06. The minimum atomic E-state index is -0.959. The van der Waals surface area contributed by atoms with Gasteiger partial charge in [-0.25, -0.2) is 0 Å². The zero-order chi connectivity index (χ0) is 15.4. The summed E-state index contributed by atoms with van der Waals surface area (Å²) in [7, 11) is 1.56. The van der Waals surface area contributed by atoms with Crippen LogP contribution in [-0.4, -0.2) is 24.5 Å². The molecule has 0 bridgehead atoms. The molecule has 1 aromatic rings. The molecule has 0 N–H and O–H groups in total.